The first-order valence-electron chi connectivity index (χ1n) is 22.0. The van der Waals surface area contributed by atoms with Gasteiger partial charge in [0, 0.05) is 66.6 Å². The van der Waals surface area contributed by atoms with Gasteiger partial charge in [-0.1, -0.05) is 35.9 Å². The van der Waals surface area contributed by atoms with Gasteiger partial charge in [0.15, 0.2) is 23.1 Å². The number of ether oxygens (including phenoxy) is 1. The average molecular weight is 1030 g/mol. The van der Waals surface area contributed by atoms with Crippen LogP contribution in [0.15, 0.2) is 54.6 Å². The summed E-state index contributed by atoms with van der Waals surface area (Å²) in [7, 11) is -4.05. The summed E-state index contributed by atoms with van der Waals surface area (Å²) >= 11 is 7.03. The second-order valence-corrected chi connectivity index (χ2v) is 21.2. The van der Waals surface area contributed by atoms with E-state index in [0.717, 1.165) is 6.07 Å². The van der Waals surface area contributed by atoms with E-state index < -0.39 is 97.8 Å². The summed E-state index contributed by atoms with van der Waals surface area (Å²) < 4.78 is 65.6. The number of thiophene rings is 1. The fourth-order valence-electron chi connectivity index (χ4n) is 9.20. The Hall–Kier alpha value is -6.69. The molecule has 0 spiro atoms. The molecule has 19 nitrogen and oxygen atoms in total. The maximum absolute atomic E-state index is 16.1. The van der Waals surface area contributed by atoms with Crippen molar-refractivity contribution in [1.29, 1.82) is 0 Å². The van der Waals surface area contributed by atoms with Crippen LogP contribution in [-0.2, 0) is 46.3 Å². The number of fused-ring (bicyclic) bond motifs is 1. The van der Waals surface area contributed by atoms with Crippen LogP contribution in [0.5, 0.6) is 5.75 Å². The molecule has 6 N–H and O–H groups in total. The van der Waals surface area contributed by atoms with Gasteiger partial charge in [-0.25, -0.2) is 26.8 Å². The zero-order valence-electron chi connectivity index (χ0n) is 37.5. The molecule has 2 atom stereocenters. The molecule has 0 radical (unpaired) electrons. The first-order valence-corrected chi connectivity index (χ1v) is 24.8. The first-order chi connectivity index (χ1) is 33.1. The minimum Gasteiger partial charge on any atom is -0.479 e. The summed E-state index contributed by atoms with van der Waals surface area (Å²) in [6, 6.07) is 11.7. The van der Waals surface area contributed by atoms with Gasteiger partial charge in [-0.05, 0) is 69.0 Å². The number of hydrogen-bond acceptors (Lipinski definition) is 13. The number of carbonyl (C=O) groups is 7. The lowest BCUT2D eigenvalue weighted by Gasteiger charge is -2.45. The van der Waals surface area contributed by atoms with Gasteiger partial charge in [0.25, 0.3) is 5.91 Å². The van der Waals surface area contributed by atoms with E-state index in [-0.39, 0.29) is 103 Å². The number of amides is 5. The topological polar surface area (TPSA) is 261 Å². The summed E-state index contributed by atoms with van der Waals surface area (Å²) in [6.45, 7) is 2.62. The number of rotatable bonds is 16. The third kappa shape index (κ3) is 10.1. The Balaban J connectivity index is 0.839. The fraction of sp³-hybridized carbons (Fsp3) is 0.370. The number of aromatic carboxylic acids is 1. The van der Waals surface area contributed by atoms with E-state index >= 15 is 8.78 Å². The summed E-state index contributed by atoms with van der Waals surface area (Å²) in [5.41, 5.74) is 0.452. The van der Waals surface area contributed by atoms with Gasteiger partial charge in [0.1, 0.15) is 16.9 Å². The SMILES string of the molecule is CC1(C)C[C@H](Nc2cccc(-c3sc(C(=O)O)c(OCC(=O)O)c3Cl)c2F)CCN1S(=O)(=O)Cc1ccc(F)c(NC(=O)C2CN(C(=O)CNc3cccc4c3CN(C3CCC(=O)NC3=O)C4=O)C2)c1. The normalized spacial score (nSPS) is 19.2. The van der Waals surface area contributed by atoms with Crippen LogP contribution in [0.1, 0.15) is 70.7 Å². The number of halogens is 3. The highest BCUT2D eigenvalue weighted by Gasteiger charge is 2.43. The molecule has 0 bridgehead atoms. The number of likely N-dealkylation sites (tertiary alicyclic amines) is 1. The van der Waals surface area contributed by atoms with Gasteiger partial charge in [-0.3, -0.25) is 29.3 Å². The Morgan fingerprint density at radius 2 is 1.69 bits per heavy atom. The van der Waals surface area contributed by atoms with Crippen LogP contribution in [0.2, 0.25) is 5.02 Å². The Bertz CT molecular complexity index is 2960. The number of piperidine rings is 2. The summed E-state index contributed by atoms with van der Waals surface area (Å²) in [6.07, 6.45) is 0.801. The van der Waals surface area contributed by atoms with Gasteiger partial charge in [0.2, 0.25) is 33.7 Å². The van der Waals surface area contributed by atoms with Crippen molar-refractivity contribution >= 4 is 91.5 Å². The van der Waals surface area contributed by atoms with Crippen LogP contribution in [0.4, 0.5) is 25.8 Å². The van der Waals surface area contributed by atoms with E-state index in [1.807, 2.05) is 0 Å². The van der Waals surface area contributed by atoms with Crippen molar-refractivity contribution in [2.45, 2.75) is 69.5 Å². The summed E-state index contributed by atoms with van der Waals surface area (Å²) in [4.78, 5) is 89.1. The number of carboxylic acids is 2. The molecule has 0 saturated carbocycles. The maximum atomic E-state index is 16.1. The highest BCUT2D eigenvalue weighted by atomic mass is 35.5. The van der Waals surface area contributed by atoms with Gasteiger partial charge >= 0.3 is 11.9 Å². The van der Waals surface area contributed by atoms with E-state index in [4.69, 9.17) is 21.4 Å². The molecule has 1 unspecified atom stereocenters. The molecule has 5 heterocycles. The third-order valence-electron chi connectivity index (χ3n) is 12.6. The van der Waals surface area contributed by atoms with Crippen molar-refractivity contribution in [3.63, 3.8) is 0 Å². The zero-order chi connectivity index (χ0) is 50.4. The number of nitrogens with one attached hydrogen (secondary N) is 4. The molecular formula is C46H46ClF2N7O12S2. The molecule has 0 aliphatic carbocycles. The number of imide groups is 1. The number of sulfonamides is 1. The minimum atomic E-state index is -4.05. The average Bonchev–Trinajstić information content (AvgIpc) is 3.78. The van der Waals surface area contributed by atoms with E-state index in [1.54, 1.807) is 32.0 Å². The summed E-state index contributed by atoms with van der Waals surface area (Å²) in [5.74, 6) is -8.19. The molecule has 370 valence electrons. The Morgan fingerprint density at radius 3 is 2.37 bits per heavy atom. The van der Waals surface area contributed by atoms with E-state index in [0.29, 0.717) is 28.2 Å². The maximum Gasteiger partial charge on any atom is 0.349 e. The Labute approximate surface area is 408 Å². The molecule has 70 heavy (non-hydrogen) atoms. The third-order valence-corrected chi connectivity index (χ3v) is 16.4. The standard InChI is InChI=1S/C46H46ClF2N7O12S2/c1-46(2)16-25(51-31-8-4-6-27(38(31)49)40-37(47)39(68-21-36(59)60)41(69-40)45(64)65)13-14-56(46)70(66,67)22-23-9-10-29(48)32(15-23)52-42(61)24-18-54(19-24)35(58)17-50-30-7-3-5-26-28(30)20-55(44(26)63)33-11-12-34(57)53-43(33)62/h3-10,15,24-25,33,50-51H,11-14,16-22H2,1-2H3,(H,52,61)(H,59,60)(H,64,65)(H,53,57,62)/t25-,33?/m1/s1. The lowest BCUT2D eigenvalue weighted by atomic mass is 9.89. The number of carbonyl (C=O) groups excluding carboxylic acids is 5. The first kappa shape index (κ1) is 49.7. The van der Waals surface area contributed by atoms with Crippen molar-refractivity contribution in [2.75, 3.05) is 48.7 Å². The number of anilines is 3. The number of carboxylic acid groups (broad SMARTS) is 2. The number of benzene rings is 3. The zero-order valence-corrected chi connectivity index (χ0v) is 39.9. The lowest BCUT2D eigenvalue weighted by molar-refractivity contribution is -0.140. The number of hydrogen-bond donors (Lipinski definition) is 6. The van der Waals surface area contributed by atoms with Gasteiger partial charge in [-0.15, -0.1) is 11.3 Å². The van der Waals surface area contributed by atoms with Crippen molar-refractivity contribution < 1.29 is 65.7 Å². The molecule has 1 aromatic heterocycles. The second kappa shape index (κ2) is 19.6. The Morgan fingerprint density at radius 1 is 0.971 bits per heavy atom. The van der Waals surface area contributed by atoms with Crippen LogP contribution in [0, 0.1) is 17.6 Å². The molecule has 3 fully saturated rings. The van der Waals surface area contributed by atoms with Crippen LogP contribution in [-0.4, -0.2) is 125 Å². The van der Waals surface area contributed by atoms with Crippen molar-refractivity contribution in [3.05, 3.63) is 92.8 Å². The molecule has 3 saturated heterocycles. The van der Waals surface area contributed by atoms with Crippen molar-refractivity contribution in [3.8, 4) is 16.2 Å². The van der Waals surface area contributed by atoms with Crippen molar-refractivity contribution in [2.24, 2.45) is 5.92 Å². The van der Waals surface area contributed by atoms with Crippen LogP contribution >= 0.6 is 22.9 Å². The molecule has 4 aliphatic rings. The van der Waals surface area contributed by atoms with Gasteiger partial charge < -0.3 is 40.7 Å². The smallest absolute Gasteiger partial charge is 0.349 e. The highest BCUT2D eigenvalue weighted by molar-refractivity contribution is 7.88. The second-order valence-electron chi connectivity index (χ2n) is 17.9. The van der Waals surface area contributed by atoms with E-state index in [9.17, 15) is 47.1 Å². The number of nitrogens with zero attached hydrogens (tertiary/aromatic N) is 3. The molecule has 5 amide bonds. The largest absolute Gasteiger partial charge is 0.479 e. The summed E-state index contributed by atoms with van der Waals surface area (Å²) in [5, 5.41) is 29.4. The quantitative estimate of drug-likeness (QED) is 0.0811. The van der Waals surface area contributed by atoms with E-state index in [1.165, 1.54) is 44.4 Å². The number of aliphatic carboxylic acids is 1. The predicted octanol–water partition coefficient (Wildman–Crippen LogP) is 4.96. The molecule has 24 heteroatoms. The van der Waals surface area contributed by atoms with E-state index in [2.05, 4.69) is 21.3 Å². The molecule has 3 aromatic carbocycles. The predicted molar refractivity (Wildman–Crippen MR) is 251 cm³/mol. The monoisotopic (exact) mass is 1030 g/mol. The molecular weight excluding hydrogens is 980 g/mol. The van der Waals surface area contributed by atoms with Crippen LogP contribution in [0.25, 0.3) is 10.4 Å². The van der Waals surface area contributed by atoms with Gasteiger partial charge in [0.05, 0.1) is 34.5 Å². The van der Waals surface area contributed by atoms with Crippen LogP contribution < -0.4 is 26.0 Å². The highest BCUT2D eigenvalue weighted by Crippen LogP contribution is 2.47. The van der Waals surface area contributed by atoms with Gasteiger partial charge in [-0.2, -0.15) is 4.31 Å². The minimum absolute atomic E-state index is 0.00883. The fourth-order valence-corrected chi connectivity index (χ4v) is 12.6. The molecule has 4 aliphatic heterocycles. The Kier molecular flexibility index (Phi) is 13.9. The van der Waals surface area contributed by atoms with Crippen molar-refractivity contribution in [1.82, 2.24) is 19.4 Å². The van der Waals surface area contributed by atoms with Crippen LogP contribution in [0.3, 0.4) is 0 Å². The molecule has 8 rings (SSSR count). The molecule has 4 aromatic rings. The lowest BCUT2D eigenvalue weighted by Crippen LogP contribution is -2.55.